The Morgan fingerprint density at radius 1 is 1.23 bits per heavy atom. The Morgan fingerprint density at radius 2 is 1.91 bits per heavy atom. The molecule has 0 N–H and O–H groups in total. The molecule has 4 nitrogen and oxygen atoms in total. The average molecular weight is 294 g/mol. The van der Waals surface area contributed by atoms with E-state index in [1.807, 2.05) is 24.3 Å². The molecular weight excluding hydrogens is 279 g/mol. The van der Waals surface area contributed by atoms with E-state index < -0.39 is 11.5 Å². The highest BCUT2D eigenvalue weighted by molar-refractivity contribution is 6.17. The van der Waals surface area contributed by atoms with Crippen LogP contribution < -0.4 is 9.47 Å². The first-order valence-electron chi connectivity index (χ1n) is 6.86. The maximum Gasteiger partial charge on any atom is 0.342 e. The largest absolute Gasteiger partial charge is 0.495 e. The molecule has 0 amide bonds. The topological polar surface area (TPSA) is 44.8 Å². The van der Waals surface area contributed by atoms with Crippen molar-refractivity contribution in [1.29, 1.82) is 0 Å². The van der Waals surface area contributed by atoms with Crippen molar-refractivity contribution in [3.63, 3.8) is 0 Å². The number of esters is 1. The third-order valence-corrected chi connectivity index (χ3v) is 3.65. The summed E-state index contributed by atoms with van der Waals surface area (Å²) in [7, 11) is 8.92. The maximum atomic E-state index is 12.2. The number of fused-ring (bicyclic) bond motifs is 3. The van der Waals surface area contributed by atoms with E-state index >= 15 is 0 Å². The van der Waals surface area contributed by atoms with Crippen LogP contribution in [0.3, 0.4) is 0 Å². The number of benzene rings is 2. The second-order valence-corrected chi connectivity index (χ2v) is 5.31. The van der Waals surface area contributed by atoms with Crippen molar-refractivity contribution in [1.82, 2.24) is 0 Å². The number of carbonyl (C=O) groups is 1. The highest BCUT2D eigenvalue weighted by Gasteiger charge is 2.30. The molecule has 22 heavy (non-hydrogen) atoms. The molecule has 0 saturated carbocycles. The Bertz CT molecular complexity index is 793. The van der Waals surface area contributed by atoms with Crippen LogP contribution in [-0.4, -0.2) is 33.5 Å². The van der Waals surface area contributed by atoms with Crippen molar-refractivity contribution in [2.24, 2.45) is 0 Å². The normalized spacial score (nSPS) is 19.4. The van der Waals surface area contributed by atoms with Gasteiger partial charge in [-0.05, 0) is 6.92 Å². The highest BCUT2D eigenvalue weighted by atomic mass is 16.5. The Labute approximate surface area is 130 Å². The van der Waals surface area contributed by atoms with E-state index in [2.05, 4.69) is 0 Å². The molecule has 0 saturated heterocycles. The fourth-order valence-electron chi connectivity index (χ4n) is 2.68. The van der Waals surface area contributed by atoms with Gasteiger partial charge in [-0.2, -0.15) is 0 Å². The molecule has 1 unspecified atom stereocenters. The van der Waals surface area contributed by atoms with Crippen molar-refractivity contribution in [2.45, 2.75) is 12.4 Å². The van der Waals surface area contributed by atoms with Gasteiger partial charge in [-0.1, -0.05) is 36.4 Å². The molecule has 0 bridgehead atoms. The fourth-order valence-corrected chi connectivity index (χ4v) is 2.68. The van der Waals surface area contributed by atoms with Crippen LogP contribution in [0.5, 0.6) is 11.5 Å². The zero-order chi connectivity index (χ0) is 15.9. The van der Waals surface area contributed by atoms with Gasteiger partial charge in [0.2, 0.25) is 0 Å². The minimum absolute atomic E-state index is 0.338. The average Bonchev–Trinajstić information content (AvgIpc) is 2.52. The predicted molar refractivity (Wildman–Crippen MR) is 85.7 cm³/mol. The first kappa shape index (κ1) is 14.5. The van der Waals surface area contributed by atoms with E-state index in [1.165, 1.54) is 14.2 Å². The molecule has 1 atom stereocenters. The van der Waals surface area contributed by atoms with Crippen molar-refractivity contribution >= 4 is 30.7 Å². The van der Waals surface area contributed by atoms with E-state index in [-0.39, 0.29) is 0 Å². The molecule has 5 heteroatoms. The maximum absolute atomic E-state index is 12.2. The summed E-state index contributed by atoms with van der Waals surface area (Å²) < 4.78 is 16.3. The van der Waals surface area contributed by atoms with Crippen LogP contribution in [0, 0.1) is 0 Å². The molecule has 1 heterocycles. The van der Waals surface area contributed by atoms with E-state index in [0.717, 1.165) is 10.8 Å². The zero-order valence-electron chi connectivity index (χ0n) is 12.7. The van der Waals surface area contributed by atoms with E-state index in [9.17, 15) is 4.79 Å². The van der Waals surface area contributed by atoms with Crippen molar-refractivity contribution in [3.05, 3.63) is 41.5 Å². The van der Waals surface area contributed by atoms with Crippen LogP contribution in [0.25, 0.3) is 16.8 Å². The third kappa shape index (κ3) is 2.13. The molecule has 0 fully saturated rings. The lowest BCUT2D eigenvalue weighted by Gasteiger charge is -2.31. The van der Waals surface area contributed by atoms with Crippen LogP contribution in [0.15, 0.2) is 30.3 Å². The molecule has 1 aliphatic heterocycles. The van der Waals surface area contributed by atoms with Gasteiger partial charge in [-0.3, -0.25) is 0 Å². The number of methoxy groups -OCH3 is 2. The predicted octanol–water partition coefficient (Wildman–Crippen LogP) is 2.93. The van der Waals surface area contributed by atoms with Crippen molar-refractivity contribution in [2.75, 3.05) is 14.2 Å². The van der Waals surface area contributed by atoms with Gasteiger partial charge in [-0.15, -0.1) is 0 Å². The Morgan fingerprint density at radius 3 is 2.55 bits per heavy atom. The Hall–Kier alpha value is -2.43. The summed E-state index contributed by atoms with van der Waals surface area (Å²) in [5.74, 6) is 0.548. The lowest BCUT2D eigenvalue weighted by molar-refractivity contribution is 0.0596. The molecule has 0 aliphatic carbocycles. The monoisotopic (exact) mass is 294 g/mol. The van der Waals surface area contributed by atoms with Crippen LogP contribution in [0.2, 0.25) is 0 Å². The van der Waals surface area contributed by atoms with Gasteiger partial charge in [-0.25, -0.2) is 4.79 Å². The Balaban J connectivity index is 2.45. The van der Waals surface area contributed by atoms with Crippen LogP contribution in [0.1, 0.15) is 22.8 Å². The van der Waals surface area contributed by atoms with Crippen LogP contribution in [0.4, 0.5) is 0 Å². The van der Waals surface area contributed by atoms with Gasteiger partial charge in [0, 0.05) is 16.3 Å². The van der Waals surface area contributed by atoms with Gasteiger partial charge < -0.3 is 14.2 Å². The summed E-state index contributed by atoms with van der Waals surface area (Å²) in [5.41, 5.74) is 0.0216. The molecule has 3 rings (SSSR count). The van der Waals surface area contributed by atoms with E-state index in [0.29, 0.717) is 22.6 Å². The van der Waals surface area contributed by atoms with Gasteiger partial charge in [0.15, 0.2) is 0 Å². The summed E-state index contributed by atoms with van der Waals surface area (Å²) in [6.45, 7) is 1.75. The minimum Gasteiger partial charge on any atom is -0.495 e. The first-order chi connectivity index (χ1) is 10.5. The minimum atomic E-state index is -0.933. The van der Waals surface area contributed by atoms with Crippen molar-refractivity contribution < 1.29 is 19.0 Å². The van der Waals surface area contributed by atoms with Crippen LogP contribution >= 0.6 is 0 Å². The van der Waals surface area contributed by atoms with Gasteiger partial charge >= 0.3 is 5.97 Å². The number of ether oxygens (including phenoxy) is 3. The second-order valence-electron chi connectivity index (χ2n) is 5.31. The van der Waals surface area contributed by atoms with Gasteiger partial charge in [0.1, 0.15) is 24.9 Å². The van der Waals surface area contributed by atoms with Crippen molar-refractivity contribution in [3.8, 4) is 11.5 Å². The molecule has 1 aliphatic rings. The quantitative estimate of drug-likeness (QED) is 0.631. The van der Waals surface area contributed by atoms with Gasteiger partial charge in [0.25, 0.3) is 0 Å². The second kappa shape index (κ2) is 5.09. The van der Waals surface area contributed by atoms with E-state index in [4.69, 9.17) is 22.1 Å². The van der Waals surface area contributed by atoms with Gasteiger partial charge in [0.05, 0.1) is 19.7 Å². The molecule has 2 aromatic carbocycles. The smallest absolute Gasteiger partial charge is 0.342 e. The summed E-state index contributed by atoms with van der Waals surface area (Å²) in [5, 5.41) is 1.61. The fraction of sp³-hybridized carbons (Fsp3) is 0.235. The number of hydrogen-bond acceptors (Lipinski definition) is 4. The molecule has 2 radical (unpaired) electrons. The number of carbonyl (C=O) groups excluding carboxylic acids is 1. The first-order valence-corrected chi connectivity index (χ1v) is 6.86. The molecule has 2 aromatic rings. The third-order valence-electron chi connectivity index (χ3n) is 3.65. The summed E-state index contributed by atoms with van der Waals surface area (Å²) in [6.07, 6.45) is 3.48. The highest BCUT2D eigenvalue weighted by Crippen LogP contribution is 2.44. The SMILES string of the molecule is [B]C1(C)C=Cc2c(C(=O)OC)c(OC)c3ccccc3c2O1. The lowest BCUT2D eigenvalue weighted by Crippen LogP contribution is -2.32. The molecule has 0 spiro atoms. The van der Waals surface area contributed by atoms with E-state index in [1.54, 1.807) is 19.1 Å². The zero-order valence-corrected chi connectivity index (χ0v) is 12.7. The number of hydrogen-bond donors (Lipinski definition) is 0. The lowest BCUT2D eigenvalue weighted by atomic mass is 9.80. The summed E-state index contributed by atoms with van der Waals surface area (Å²) >= 11 is 0. The Kier molecular flexibility index (Phi) is 3.36. The van der Waals surface area contributed by atoms with Crippen LogP contribution in [-0.2, 0) is 4.74 Å². The standard InChI is InChI=1S/C17H15BO4/c1-17(18)9-8-12-13(16(19)21-3)15(20-2)11-7-5-4-6-10(11)14(12)22-17/h4-9H,1-3H3. The molecule has 0 aromatic heterocycles. The summed E-state index contributed by atoms with van der Waals surface area (Å²) in [4.78, 5) is 12.2. The molecule has 110 valence electrons. The number of rotatable bonds is 2. The summed E-state index contributed by atoms with van der Waals surface area (Å²) in [6, 6.07) is 7.55. The molecular formula is C17H15BO4.